The average molecular weight is 651 g/mol. The van der Waals surface area contributed by atoms with E-state index < -0.39 is 21.8 Å². The molecule has 0 radical (unpaired) electrons. The second kappa shape index (κ2) is 13.0. The molecule has 2 heterocycles. The Kier molecular flexibility index (Phi) is 8.88. The molecular weight excluding hydrogens is 618 g/mol. The topological polar surface area (TPSA) is 120 Å². The molecule has 234 valence electrons. The van der Waals surface area contributed by atoms with Crippen molar-refractivity contribution in [3.63, 3.8) is 0 Å². The van der Waals surface area contributed by atoms with Gasteiger partial charge in [0.2, 0.25) is 0 Å². The molecule has 0 aromatic heterocycles. The zero-order valence-electron chi connectivity index (χ0n) is 24.4. The number of ether oxygens (including phenoxy) is 2. The van der Waals surface area contributed by atoms with Gasteiger partial charge in [-0.1, -0.05) is 72.8 Å². The third kappa shape index (κ3) is 6.12. The minimum absolute atomic E-state index is 0.0745. The first-order valence-corrected chi connectivity index (χ1v) is 17.6. The normalized spacial score (nSPS) is 18.8. The van der Waals surface area contributed by atoms with Crippen LogP contribution in [0.2, 0.25) is 0 Å². The fourth-order valence-electron chi connectivity index (χ4n) is 6.06. The van der Waals surface area contributed by atoms with Gasteiger partial charge in [0, 0.05) is 0 Å². The molecule has 7 rings (SSSR count). The van der Waals surface area contributed by atoms with Crippen molar-refractivity contribution in [1.82, 2.24) is 0 Å². The maximum atomic E-state index is 12.2. The molecule has 1 aliphatic carbocycles. The van der Waals surface area contributed by atoms with Crippen molar-refractivity contribution in [2.45, 2.75) is 5.41 Å². The Labute approximate surface area is 262 Å². The molecule has 4 aromatic rings. The predicted molar refractivity (Wildman–Crippen MR) is 164 cm³/mol. The molecule has 2 saturated heterocycles. The van der Waals surface area contributed by atoms with Crippen LogP contribution in [-0.4, -0.2) is 52.9 Å². The second-order valence-corrected chi connectivity index (χ2v) is 13.8. The summed E-state index contributed by atoms with van der Waals surface area (Å²) in [4.78, 5) is 24.4. The van der Waals surface area contributed by atoms with E-state index in [0.29, 0.717) is 11.5 Å². The number of hydrogen-bond acceptors (Lipinski definition) is 10. The van der Waals surface area contributed by atoms with Crippen LogP contribution in [0.1, 0.15) is 22.3 Å². The van der Waals surface area contributed by atoms with E-state index in [2.05, 4.69) is 72.8 Å². The highest BCUT2D eigenvalue weighted by molar-refractivity contribution is 7.54. The number of fused-ring (bicyclic) bond motifs is 3. The van der Waals surface area contributed by atoms with Crippen molar-refractivity contribution in [1.29, 1.82) is 0 Å². The summed E-state index contributed by atoms with van der Waals surface area (Å²) in [5.74, 6) is 1.32. The number of benzene rings is 4. The number of rotatable bonds is 12. The maximum absolute atomic E-state index is 12.2. The van der Waals surface area contributed by atoms with Crippen molar-refractivity contribution in [2.75, 3.05) is 52.9 Å². The molecule has 0 saturated carbocycles. The summed E-state index contributed by atoms with van der Waals surface area (Å²) in [6.45, 7) is 1.56. The summed E-state index contributed by atoms with van der Waals surface area (Å²) in [7, 11) is -6.91. The first-order valence-electron chi connectivity index (χ1n) is 14.7. The Hall–Kier alpha value is -2.98. The fourth-order valence-corrected chi connectivity index (χ4v) is 8.30. The predicted octanol–water partition coefficient (Wildman–Crippen LogP) is 5.01. The van der Waals surface area contributed by atoms with Crippen LogP contribution in [-0.2, 0) is 32.6 Å². The average Bonchev–Trinajstić information content (AvgIpc) is 3.79. The van der Waals surface area contributed by atoms with Gasteiger partial charge >= 0.3 is 16.3 Å². The van der Waals surface area contributed by atoms with Crippen molar-refractivity contribution in [3.05, 3.63) is 119 Å². The summed E-state index contributed by atoms with van der Waals surface area (Å²) in [5, 5.41) is 0. The van der Waals surface area contributed by atoms with Crippen molar-refractivity contribution in [2.24, 2.45) is 0 Å². The lowest BCUT2D eigenvalue weighted by atomic mass is 9.68. The van der Waals surface area contributed by atoms with Gasteiger partial charge in [-0.2, -0.15) is 27.1 Å². The Bertz CT molecular complexity index is 1480. The molecule has 3 aliphatic rings. The molecule has 0 amide bonds. The first-order chi connectivity index (χ1) is 22.0. The minimum Gasteiger partial charge on any atom is -0.606 e. The van der Waals surface area contributed by atoms with Crippen molar-refractivity contribution in [3.8, 4) is 22.6 Å². The van der Waals surface area contributed by atoms with Gasteiger partial charge in [0.15, 0.2) is 0 Å². The van der Waals surface area contributed by atoms with E-state index in [0.717, 1.165) is 11.1 Å². The van der Waals surface area contributed by atoms with Gasteiger partial charge in [-0.25, -0.2) is 0 Å². The molecule has 45 heavy (non-hydrogen) atoms. The first kappa shape index (κ1) is 30.7. The van der Waals surface area contributed by atoms with E-state index in [-0.39, 0.29) is 52.9 Å². The van der Waals surface area contributed by atoms with Gasteiger partial charge in [0.05, 0.1) is 5.41 Å². The molecule has 0 N–H and O–H groups in total. The van der Waals surface area contributed by atoms with E-state index in [1.165, 1.54) is 22.3 Å². The summed E-state index contributed by atoms with van der Waals surface area (Å²) in [6.07, 6.45) is 0. The largest absolute Gasteiger partial charge is 0.606 e. The van der Waals surface area contributed by atoms with E-state index in [1.807, 2.05) is 24.3 Å². The van der Waals surface area contributed by atoms with Crippen LogP contribution < -0.4 is 19.3 Å². The summed E-state index contributed by atoms with van der Waals surface area (Å²) < 4.78 is 42.6. The summed E-state index contributed by atoms with van der Waals surface area (Å²) in [6, 6.07) is 33.0. The lowest BCUT2D eigenvalue weighted by molar-refractivity contribution is -0.238. The van der Waals surface area contributed by atoms with Crippen LogP contribution in [0.5, 0.6) is 11.5 Å². The third-order valence-corrected chi connectivity index (χ3v) is 10.9. The lowest BCUT2D eigenvalue weighted by Gasteiger charge is -2.34. The molecule has 0 atom stereocenters. The zero-order chi connectivity index (χ0) is 30.7. The van der Waals surface area contributed by atoms with Gasteiger partial charge in [0.25, 0.3) is 0 Å². The third-order valence-electron chi connectivity index (χ3n) is 7.89. The quantitative estimate of drug-likeness (QED) is 0.135. The van der Waals surface area contributed by atoms with E-state index in [1.54, 1.807) is 0 Å². The Morgan fingerprint density at radius 1 is 0.511 bits per heavy atom. The Morgan fingerprint density at radius 3 is 1.29 bits per heavy atom. The summed E-state index contributed by atoms with van der Waals surface area (Å²) >= 11 is 0. The van der Waals surface area contributed by atoms with Crippen LogP contribution in [0.4, 0.5) is 0 Å². The molecule has 12 heteroatoms. The van der Waals surface area contributed by atoms with E-state index in [9.17, 15) is 9.79 Å². The van der Waals surface area contributed by atoms with Gasteiger partial charge in [-0.05, 0) is 57.6 Å². The highest BCUT2D eigenvalue weighted by Gasteiger charge is 2.46. The smallest absolute Gasteiger partial charge is 0.379 e. The van der Waals surface area contributed by atoms with Crippen LogP contribution in [0.15, 0.2) is 97.1 Å². The highest BCUT2D eigenvalue weighted by atomic mass is 31.2. The van der Waals surface area contributed by atoms with Crippen LogP contribution in [0.25, 0.3) is 11.1 Å². The number of phosphoric ester groups is 2. The molecular formula is C33H32O10P2. The standard InChI is InChI=1S/C33H32O10P2/c34-44(40-21-22-41-44)38-19-17-36-27-13-9-25(10-14-27)33(31-7-3-1-5-29(31)30-6-2-4-8-32(30)33)26-11-15-28(16-12-26)37-18-20-39-45(35)42-23-24-43-45/h1-16H,17-24H2. The van der Waals surface area contributed by atoms with Gasteiger partial charge in [-0.3, -0.25) is 0 Å². The van der Waals surface area contributed by atoms with Crippen molar-refractivity contribution >= 4 is 16.3 Å². The SMILES string of the molecule is [O-][P+]1(OCCOc2ccc(C3(c4ccc(OCCO[P+]5([O-])OCCO5)cc4)c4ccccc4-c4ccccc43)cc2)OCCO1. The van der Waals surface area contributed by atoms with Crippen LogP contribution >= 0.6 is 16.3 Å². The zero-order valence-corrected chi connectivity index (χ0v) is 26.2. The molecule has 2 fully saturated rings. The molecule has 0 bridgehead atoms. The van der Waals surface area contributed by atoms with Gasteiger partial charge in [0.1, 0.15) is 64.4 Å². The van der Waals surface area contributed by atoms with Crippen LogP contribution in [0, 0.1) is 0 Å². The lowest BCUT2D eigenvalue weighted by Crippen LogP contribution is -2.28. The minimum atomic E-state index is -3.45. The van der Waals surface area contributed by atoms with Gasteiger partial charge in [-0.15, -0.1) is 0 Å². The van der Waals surface area contributed by atoms with E-state index in [4.69, 9.17) is 36.6 Å². The fraction of sp³-hybridized carbons (Fsp3) is 0.273. The Morgan fingerprint density at radius 2 is 0.889 bits per heavy atom. The molecule has 2 aliphatic heterocycles. The Balaban J connectivity index is 1.14. The molecule has 0 unspecified atom stereocenters. The summed E-state index contributed by atoms with van der Waals surface area (Å²) in [5.41, 5.74) is 6.27. The highest BCUT2D eigenvalue weighted by Crippen LogP contribution is 2.58. The molecule has 10 nitrogen and oxygen atoms in total. The second-order valence-electron chi connectivity index (χ2n) is 10.5. The maximum Gasteiger partial charge on any atom is 0.379 e. The van der Waals surface area contributed by atoms with E-state index >= 15 is 0 Å². The molecule has 0 spiro atoms. The van der Waals surface area contributed by atoms with Crippen molar-refractivity contribution < 1.29 is 46.4 Å². The molecule has 4 aromatic carbocycles. The number of hydrogen-bond donors (Lipinski definition) is 0. The van der Waals surface area contributed by atoms with Crippen LogP contribution in [0.3, 0.4) is 0 Å². The van der Waals surface area contributed by atoms with Gasteiger partial charge < -0.3 is 19.3 Å². The number of phosphoric acid groups is 2. The monoisotopic (exact) mass is 650 g/mol.